The van der Waals surface area contributed by atoms with Gasteiger partial charge in [-0.25, -0.2) is 0 Å². The summed E-state index contributed by atoms with van der Waals surface area (Å²) in [5.74, 6) is 0.891. The second-order valence-electron chi connectivity index (χ2n) is 5.85. The van der Waals surface area contributed by atoms with Crippen molar-refractivity contribution in [3.63, 3.8) is 0 Å². The van der Waals surface area contributed by atoms with E-state index in [2.05, 4.69) is 26.0 Å². The van der Waals surface area contributed by atoms with Gasteiger partial charge >= 0.3 is 0 Å². The van der Waals surface area contributed by atoms with Gasteiger partial charge in [0, 0.05) is 17.0 Å². The highest BCUT2D eigenvalue weighted by atomic mass is 16.5. The lowest BCUT2D eigenvalue weighted by Crippen LogP contribution is -2.09. The molecule has 0 amide bonds. The van der Waals surface area contributed by atoms with Crippen molar-refractivity contribution in [1.82, 2.24) is 0 Å². The van der Waals surface area contributed by atoms with E-state index in [0.717, 1.165) is 5.56 Å². The lowest BCUT2D eigenvalue weighted by molar-refractivity contribution is 0.103. The van der Waals surface area contributed by atoms with Gasteiger partial charge < -0.3 is 4.74 Å². The Bertz CT molecular complexity index is 798. The Kier molecular flexibility index (Phi) is 4.16. The number of ether oxygens (including phenoxy) is 1. The van der Waals surface area contributed by atoms with Gasteiger partial charge in [0.15, 0.2) is 5.78 Å². The third kappa shape index (κ3) is 2.85. The van der Waals surface area contributed by atoms with Crippen LogP contribution in [0.5, 0.6) is 5.75 Å². The number of benzene rings is 2. The van der Waals surface area contributed by atoms with E-state index in [1.807, 2.05) is 48.5 Å². The zero-order valence-electron chi connectivity index (χ0n) is 13.7. The molecule has 0 heterocycles. The van der Waals surface area contributed by atoms with Crippen LogP contribution >= 0.6 is 0 Å². The van der Waals surface area contributed by atoms with Crippen molar-refractivity contribution in [2.45, 2.75) is 19.8 Å². The molecule has 2 nitrogen and oxygen atoms in total. The van der Waals surface area contributed by atoms with E-state index in [0.29, 0.717) is 16.9 Å². The molecule has 1 aliphatic rings. The highest BCUT2D eigenvalue weighted by molar-refractivity contribution is 6.10. The van der Waals surface area contributed by atoms with Crippen molar-refractivity contribution in [3.8, 4) is 5.75 Å². The summed E-state index contributed by atoms with van der Waals surface area (Å²) in [7, 11) is 1.62. The quantitative estimate of drug-likeness (QED) is 0.750. The SMILES string of the molecule is COc1ccc(C2C=CC(C)=C2C)c(C(=O)c2ccccc2)c1. The van der Waals surface area contributed by atoms with Crippen LogP contribution in [0.4, 0.5) is 0 Å². The van der Waals surface area contributed by atoms with Crippen molar-refractivity contribution in [1.29, 1.82) is 0 Å². The summed E-state index contributed by atoms with van der Waals surface area (Å²) >= 11 is 0. The van der Waals surface area contributed by atoms with E-state index in [1.165, 1.54) is 11.1 Å². The van der Waals surface area contributed by atoms with E-state index in [-0.39, 0.29) is 11.7 Å². The molecule has 0 saturated carbocycles. The van der Waals surface area contributed by atoms with Crippen LogP contribution in [-0.2, 0) is 0 Å². The van der Waals surface area contributed by atoms with Crippen molar-refractivity contribution in [2.75, 3.05) is 7.11 Å². The molecule has 2 aromatic rings. The van der Waals surface area contributed by atoms with Crippen LogP contribution in [0.15, 0.2) is 71.8 Å². The first-order valence-electron chi connectivity index (χ1n) is 7.75. The average Bonchev–Trinajstić information content (AvgIpc) is 2.93. The maximum absolute atomic E-state index is 13.0. The zero-order chi connectivity index (χ0) is 16.4. The fraction of sp³-hybridized carbons (Fsp3) is 0.190. The normalized spacial score (nSPS) is 16.7. The van der Waals surface area contributed by atoms with Gasteiger partial charge in [-0.3, -0.25) is 4.79 Å². The Morgan fingerprint density at radius 3 is 2.39 bits per heavy atom. The second kappa shape index (κ2) is 6.25. The Balaban J connectivity index is 2.11. The van der Waals surface area contributed by atoms with Crippen molar-refractivity contribution in [3.05, 3.63) is 88.5 Å². The Hall–Kier alpha value is -2.61. The largest absolute Gasteiger partial charge is 0.497 e. The van der Waals surface area contributed by atoms with Crippen LogP contribution in [0.3, 0.4) is 0 Å². The fourth-order valence-electron chi connectivity index (χ4n) is 2.97. The number of hydrogen-bond acceptors (Lipinski definition) is 2. The number of ketones is 1. The number of rotatable bonds is 4. The van der Waals surface area contributed by atoms with Crippen LogP contribution in [0.25, 0.3) is 0 Å². The first-order valence-corrected chi connectivity index (χ1v) is 7.75. The molecule has 2 aromatic carbocycles. The Labute approximate surface area is 137 Å². The molecule has 1 atom stereocenters. The van der Waals surface area contributed by atoms with Gasteiger partial charge in [-0.05, 0) is 31.5 Å². The minimum absolute atomic E-state index is 0.0326. The Morgan fingerprint density at radius 2 is 1.78 bits per heavy atom. The van der Waals surface area contributed by atoms with Crippen LogP contribution in [0, 0.1) is 0 Å². The average molecular weight is 304 g/mol. The van der Waals surface area contributed by atoms with Gasteiger partial charge in [0.05, 0.1) is 7.11 Å². The van der Waals surface area contributed by atoms with Gasteiger partial charge in [-0.1, -0.05) is 59.7 Å². The van der Waals surface area contributed by atoms with E-state index in [9.17, 15) is 4.79 Å². The Morgan fingerprint density at radius 1 is 1.04 bits per heavy atom. The molecule has 1 unspecified atom stereocenters. The van der Waals surface area contributed by atoms with Gasteiger partial charge in [0.1, 0.15) is 5.75 Å². The summed E-state index contributed by atoms with van der Waals surface area (Å²) in [4.78, 5) is 13.0. The van der Waals surface area contributed by atoms with Crippen molar-refractivity contribution in [2.24, 2.45) is 0 Å². The molecular weight excluding hydrogens is 284 g/mol. The molecule has 0 spiro atoms. The molecule has 0 saturated heterocycles. The number of hydrogen-bond donors (Lipinski definition) is 0. The number of allylic oxidation sites excluding steroid dienone is 4. The predicted molar refractivity (Wildman–Crippen MR) is 93.1 cm³/mol. The number of carbonyl (C=O) groups excluding carboxylic acids is 1. The summed E-state index contributed by atoms with van der Waals surface area (Å²) < 4.78 is 5.32. The first kappa shape index (κ1) is 15.3. The van der Waals surface area contributed by atoms with E-state index < -0.39 is 0 Å². The fourth-order valence-corrected chi connectivity index (χ4v) is 2.97. The van der Waals surface area contributed by atoms with Gasteiger partial charge in [-0.2, -0.15) is 0 Å². The minimum atomic E-state index is 0.0326. The molecule has 0 aromatic heterocycles. The molecule has 0 aliphatic heterocycles. The first-order chi connectivity index (χ1) is 11.1. The molecule has 0 bridgehead atoms. The predicted octanol–water partition coefficient (Wildman–Crippen LogP) is 4.92. The molecule has 3 rings (SSSR count). The van der Waals surface area contributed by atoms with Crippen LogP contribution in [0.1, 0.15) is 41.3 Å². The molecule has 0 radical (unpaired) electrons. The van der Waals surface area contributed by atoms with Crippen LogP contribution < -0.4 is 4.74 Å². The summed E-state index contributed by atoms with van der Waals surface area (Å²) in [6.07, 6.45) is 4.29. The zero-order valence-corrected chi connectivity index (χ0v) is 13.7. The van der Waals surface area contributed by atoms with Gasteiger partial charge in [0.25, 0.3) is 0 Å². The maximum Gasteiger partial charge on any atom is 0.193 e. The molecule has 1 aliphatic carbocycles. The van der Waals surface area contributed by atoms with Crippen LogP contribution in [0.2, 0.25) is 0 Å². The maximum atomic E-state index is 13.0. The monoisotopic (exact) mass is 304 g/mol. The summed E-state index contributed by atoms with van der Waals surface area (Å²) in [5, 5.41) is 0. The van der Waals surface area contributed by atoms with E-state index in [4.69, 9.17) is 4.74 Å². The van der Waals surface area contributed by atoms with Crippen molar-refractivity contribution >= 4 is 5.78 Å². The van der Waals surface area contributed by atoms with E-state index in [1.54, 1.807) is 7.11 Å². The van der Waals surface area contributed by atoms with Crippen molar-refractivity contribution < 1.29 is 9.53 Å². The standard InChI is InChI=1S/C21H20O2/c1-14-9-11-18(15(14)2)19-12-10-17(23-3)13-20(19)21(22)16-7-5-4-6-8-16/h4-13,18H,1-3H3. The van der Waals surface area contributed by atoms with E-state index >= 15 is 0 Å². The van der Waals surface area contributed by atoms with Crippen LogP contribution in [-0.4, -0.2) is 12.9 Å². The van der Waals surface area contributed by atoms with Gasteiger partial charge in [-0.15, -0.1) is 0 Å². The minimum Gasteiger partial charge on any atom is -0.497 e. The molecule has 0 N–H and O–H groups in total. The third-order valence-corrected chi connectivity index (χ3v) is 4.50. The molecule has 0 fully saturated rings. The highest BCUT2D eigenvalue weighted by Gasteiger charge is 2.23. The smallest absolute Gasteiger partial charge is 0.193 e. The lowest BCUT2D eigenvalue weighted by Gasteiger charge is -2.17. The number of methoxy groups -OCH3 is 1. The second-order valence-corrected chi connectivity index (χ2v) is 5.85. The molecule has 2 heteroatoms. The summed E-state index contributed by atoms with van der Waals surface area (Å²) in [6, 6.07) is 15.2. The summed E-state index contributed by atoms with van der Waals surface area (Å²) in [6.45, 7) is 4.23. The molecule has 23 heavy (non-hydrogen) atoms. The third-order valence-electron chi connectivity index (χ3n) is 4.50. The van der Waals surface area contributed by atoms with Gasteiger partial charge in [0.2, 0.25) is 0 Å². The molecule has 116 valence electrons. The summed E-state index contributed by atoms with van der Waals surface area (Å²) in [5.41, 5.74) is 4.99. The lowest BCUT2D eigenvalue weighted by atomic mass is 9.87. The number of carbonyl (C=O) groups is 1. The molecular formula is C21H20O2. The highest BCUT2D eigenvalue weighted by Crippen LogP contribution is 2.37. The topological polar surface area (TPSA) is 26.3 Å².